The van der Waals surface area contributed by atoms with Crippen LogP contribution < -0.4 is 10.1 Å². The smallest absolute Gasteiger partial charge is 0.416 e. The van der Waals surface area contributed by atoms with Gasteiger partial charge in [-0.25, -0.2) is 4.79 Å². The average Bonchev–Trinajstić information content (AvgIpc) is 2.86. The van der Waals surface area contributed by atoms with E-state index in [9.17, 15) is 35.9 Å². The normalized spacial score (nSPS) is 12.5. The molecule has 0 fully saturated rings. The SMILES string of the molecule is COC(=O)[C@H](Cc1cccc(OCc2ccccc2)c1)NC(=O)c1cc(C(F)(F)F)cc(C(F)(F)F)c1. The summed E-state index contributed by atoms with van der Waals surface area (Å²) in [5, 5.41) is 2.18. The third-order valence-electron chi connectivity index (χ3n) is 5.23. The van der Waals surface area contributed by atoms with E-state index < -0.39 is 47.0 Å². The van der Waals surface area contributed by atoms with Crippen molar-refractivity contribution in [2.45, 2.75) is 31.4 Å². The summed E-state index contributed by atoms with van der Waals surface area (Å²) in [4.78, 5) is 25.0. The minimum absolute atomic E-state index is 0.0878. The summed E-state index contributed by atoms with van der Waals surface area (Å²) in [6.07, 6.45) is -10.4. The Kier molecular flexibility index (Phi) is 8.46. The number of amides is 1. The van der Waals surface area contributed by atoms with Crippen molar-refractivity contribution >= 4 is 11.9 Å². The maximum atomic E-state index is 13.2. The number of alkyl halides is 6. The van der Waals surface area contributed by atoms with Gasteiger partial charge in [0.05, 0.1) is 18.2 Å². The first-order valence-corrected chi connectivity index (χ1v) is 10.8. The molecule has 1 amide bonds. The Labute approximate surface area is 208 Å². The summed E-state index contributed by atoms with van der Waals surface area (Å²) in [6.45, 7) is 0.262. The van der Waals surface area contributed by atoms with E-state index in [1.165, 1.54) is 0 Å². The highest BCUT2D eigenvalue weighted by atomic mass is 19.4. The number of carbonyl (C=O) groups excluding carboxylic acids is 2. The summed E-state index contributed by atoms with van der Waals surface area (Å²) in [7, 11) is 1.03. The third-order valence-corrected chi connectivity index (χ3v) is 5.23. The molecule has 0 unspecified atom stereocenters. The van der Waals surface area contributed by atoms with Crippen LogP contribution in [0.15, 0.2) is 72.8 Å². The minimum Gasteiger partial charge on any atom is -0.489 e. The number of halogens is 6. The number of ether oxygens (including phenoxy) is 2. The second-order valence-electron chi connectivity index (χ2n) is 7.97. The number of esters is 1. The van der Waals surface area contributed by atoms with Crippen LogP contribution in [0.2, 0.25) is 0 Å². The first-order valence-electron chi connectivity index (χ1n) is 10.8. The van der Waals surface area contributed by atoms with E-state index in [0.717, 1.165) is 12.7 Å². The van der Waals surface area contributed by atoms with Crippen LogP contribution in [-0.4, -0.2) is 25.0 Å². The molecule has 0 bridgehead atoms. The van der Waals surface area contributed by atoms with Gasteiger partial charge in [-0.1, -0.05) is 42.5 Å². The van der Waals surface area contributed by atoms with Crippen molar-refractivity contribution in [3.63, 3.8) is 0 Å². The van der Waals surface area contributed by atoms with E-state index in [0.29, 0.717) is 11.3 Å². The van der Waals surface area contributed by atoms with Gasteiger partial charge in [0.2, 0.25) is 0 Å². The highest BCUT2D eigenvalue weighted by Gasteiger charge is 2.38. The molecular weight excluding hydrogens is 504 g/mol. The van der Waals surface area contributed by atoms with Crippen molar-refractivity contribution in [2.75, 3.05) is 7.11 Å². The maximum absolute atomic E-state index is 13.2. The first kappa shape index (κ1) is 27.6. The topological polar surface area (TPSA) is 64.6 Å². The van der Waals surface area contributed by atoms with E-state index in [1.807, 2.05) is 30.3 Å². The molecule has 11 heteroatoms. The molecule has 3 rings (SSSR count). The molecule has 0 aliphatic rings. The molecule has 0 radical (unpaired) electrons. The van der Waals surface area contributed by atoms with Crippen molar-refractivity contribution in [1.29, 1.82) is 0 Å². The molecule has 1 N–H and O–H groups in total. The molecule has 0 spiro atoms. The molecule has 3 aromatic carbocycles. The number of benzene rings is 3. The molecule has 0 aliphatic heterocycles. The number of carbonyl (C=O) groups is 2. The predicted octanol–water partition coefficient (Wildman–Crippen LogP) is 5.82. The lowest BCUT2D eigenvalue weighted by atomic mass is 10.0. The van der Waals surface area contributed by atoms with Crippen LogP contribution in [0.3, 0.4) is 0 Å². The lowest BCUT2D eigenvalue weighted by Crippen LogP contribution is -2.43. The molecule has 0 aromatic heterocycles. The zero-order valence-electron chi connectivity index (χ0n) is 19.3. The zero-order valence-corrected chi connectivity index (χ0v) is 19.3. The van der Waals surface area contributed by atoms with Gasteiger partial charge >= 0.3 is 18.3 Å². The van der Waals surface area contributed by atoms with Gasteiger partial charge in [-0.2, -0.15) is 26.3 Å². The van der Waals surface area contributed by atoms with Crippen LogP contribution in [0.25, 0.3) is 0 Å². The van der Waals surface area contributed by atoms with Gasteiger partial charge in [0, 0.05) is 12.0 Å². The molecule has 0 aliphatic carbocycles. The highest BCUT2D eigenvalue weighted by Crippen LogP contribution is 2.36. The number of methoxy groups -OCH3 is 1. The van der Waals surface area contributed by atoms with Gasteiger partial charge in [0.1, 0.15) is 18.4 Å². The Bertz CT molecular complexity index is 1210. The number of hydrogen-bond donors (Lipinski definition) is 1. The summed E-state index contributed by atoms with van der Waals surface area (Å²) in [5.74, 6) is -1.79. The second-order valence-corrected chi connectivity index (χ2v) is 7.97. The lowest BCUT2D eigenvalue weighted by molar-refractivity contribution is -0.144. The molecule has 37 heavy (non-hydrogen) atoms. The molecule has 0 heterocycles. The Morgan fingerprint density at radius 3 is 1.97 bits per heavy atom. The fourth-order valence-electron chi connectivity index (χ4n) is 3.40. The van der Waals surface area contributed by atoms with Gasteiger partial charge in [-0.05, 0) is 41.5 Å². The van der Waals surface area contributed by atoms with Crippen molar-refractivity contribution in [3.05, 3.63) is 101 Å². The highest BCUT2D eigenvalue weighted by molar-refractivity contribution is 5.97. The fraction of sp³-hybridized carbons (Fsp3) is 0.231. The van der Waals surface area contributed by atoms with Gasteiger partial charge in [-0.15, -0.1) is 0 Å². The van der Waals surface area contributed by atoms with E-state index >= 15 is 0 Å². The van der Waals surface area contributed by atoms with E-state index in [4.69, 9.17) is 4.74 Å². The Morgan fingerprint density at radius 1 is 0.811 bits per heavy atom. The van der Waals surface area contributed by atoms with Gasteiger partial charge < -0.3 is 14.8 Å². The average molecular weight is 525 g/mol. The van der Waals surface area contributed by atoms with Crippen molar-refractivity contribution in [1.82, 2.24) is 5.32 Å². The van der Waals surface area contributed by atoms with Gasteiger partial charge in [0.25, 0.3) is 5.91 Å². The van der Waals surface area contributed by atoms with Crippen LogP contribution in [-0.2, 0) is 34.9 Å². The summed E-state index contributed by atoms with van der Waals surface area (Å²) in [5.41, 5.74) is -2.79. The molecule has 5 nitrogen and oxygen atoms in total. The number of hydrogen-bond acceptors (Lipinski definition) is 4. The standard InChI is InChI=1S/C26H21F6NO4/c1-36-24(35)22(11-17-8-5-9-21(10-17)37-15-16-6-3-2-4-7-16)33-23(34)18-12-19(25(27,28)29)14-20(13-18)26(30,31)32/h2-10,12-14,22H,11,15H2,1H3,(H,33,34)/t22-/m0/s1. The van der Waals surface area contributed by atoms with Crippen LogP contribution in [0.5, 0.6) is 5.75 Å². The zero-order chi connectivity index (χ0) is 27.2. The van der Waals surface area contributed by atoms with Gasteiger partial charge in [0.15, 0.2) is 0 Å². The molecule has 0 saturated heterocycles. The molecular formula is C26H21F6NO4. The van der Waals surface area contributed by atoms with Crippen LogP contribution >= 0.6 is 0 Å². The molecule has 3 aromatic rings. The molecule has 0 saturated carbocycles. The van der Waals surface area contributed by atoms with Crippen LogP contribution in [0.4, 0.5) is 26.3 Å². The quantitative estimate of drug-likeness (QED) is 0.298. The second kappa shape index (κ2) is 11.4. The van der Waals surface area contributed by atoms with Crippen molar-refractivity contribution < 1.29 is 45.4 Å². The summed E-state index contributed by atoms with van der Waals surface area (Å²) in [6, 6.07) is 14.9. The van der Waals surface area contributed by atoms with Crippen LogP contribution in [0, 0.1) is 0 Å². The Hall–Kier alpha value is -4.02. The largest absolute Gasteiger partial charge is 0.489 e. The lowest BCUT2D eigenvalue weighted by Gasteiger charge is -2.19. The number of nitrogens with one attached hydrogen (secondary N) is 1. The van der Waals surface area contributed by atoms with E-state index in [1.54, 1.807) is 24.3 Å². The van der Waals surface area contributed by atoms with E-state index in [2.05, 4.69) is 10.1 Å². The third kappa shape index (κ3) is 7.73. The fourth-order valence-corrected chi connectivity index (χ4v) is 3.40. The van der Waals surface area contributed by atoms with Gasteiger partial charge in [-0.3, -0.25) is 4.79 Å². The monoisotopic (exact) mass is 525 g/mol. The Morgan fingerprint density at radius 2 is 1.41 bits per heavy atom. The van der Waals surface area contributed by atoms with E-state index in [-0.39, 0.29) is 31.2 Å². The number of rotatable bonds is 8. The summed E-state index contributed by atoms with van der Waals surface area (Å²) >= 11 is 0. The van der Waals surface area contributed by atoms with Crippen LogP contribution in [0.1, 0.15) is 32.6 Å². The molecule has 196 valence electrons. The molecule has 1 atom stereocenters. The van der Waals surface area contributed by atoms with Crippen molar-refractivity contribution in [2.24, 2.45) is 0 Å². The summed E-state index contributed by atoms with van der Waals surface area (Å²) < 4.78 is 89.3. The maximum Gasteiger partial charge on any atom is 0.416 e. The predicted molar refractivity (Wildman–Crippen MR) is 121 cm³/mol. The van der Waals surface area contributed by atoms with Crippen molar-refractivity contribution in [3.8, 4) is 5.75 Å². The minimum atomic E-state index is -5.13. The first-order chi connectivity index (χ1) is 17.4. The Balaban J connectivity index is 1.81.